The largest absolute Gasteiger partial charge is 0.476 e. The van der Waals surface area contributed by atoms with Gasteiger partial charge in [0.2, 0.25) is 11.8 Å². The summed E-state index contributed by atoms with van der Waals surface area (Å²) < 4.78 is 13.9. The lowest BCUT2D eigenvalue weighted by molar-refractivity contribution is -0.134. The molecule has 2 aliphatic heterocycles. The molecule has 3 N–H and O–H groups in total. The van der Waals surface area contributed by atoms with Gasteiger partial charge in [0.05, 0.1) is 35.1 Å². The Hall–Kier alpha value is -4.08. The van der Waals surface area contributed by atoms with Crippen LogP contribution in [0.25, 0.3) is 28.1 Å². The number of hydrogen-bond donors (Lipinski definition) is 2. The van der Waals surface area contributed by atoms with Gasteiger partial charge in [0.15, 0.2) is 6.10 Å². The van der Waals surface area contributed by atoms with Crippen molar-refractivity contribution in [1.29, 1.82) is 0 Å². The number of aliphatic imine (C=N–C) groups is 1. The third kappa shape index (κ3) is 3.81. The highest BCUT2D eigenvalue weighted by Gasteiger charge is 2.34. The van der Waals surface area contributed by atoms with Crippen LogP contribution in [-0.4, -0.2) is 69.5 Å². The number of allylic oxidation sites excluding steroid dienone is 1. The second-order valence-electron chi connectivity index (χ2n) is 8.38. The van der Waals surface area contributed by atoms with Crippen molar-refractivity contribution >= 4 is 28.8 Å². The summed E-state index contributed by atoms with van der Waals surface area (Å²) in [4.78, 5) is 19.0. The number of H-pyrrole nitrogens is 1. The zero-order chi connectivity index (χ0) is 23.8. The fourth-order valence-electron chi connectivity index (χ4n) is 4.32. The second-order valence-corrected chi connectivity index (χ2v) is 8.38. The highest BCUT2D eigenvalue weighted by molar-refractivity contribution is 6.00. The van der Waals surface area contributed by atoms with Gasteiger partial charge in [-0.3, -0.25) is 14.9 Å². The average Bonchev–Trinajstić information content (AvgIpc) is 3.50. The Kier molecular flexibility index (Phi) is 5.56. The molecule has 0 radical (unpaired) electrons. The molecule has 10 nitrogen and oxygen atoms in total. The van der Waals surface area contributed by atoms with Crippen molar-refractivity contribution < 1.29 is 14.3 Å². The summed E-state index contributed by atoms with van der Waals surface area (Å²) in [6.45, 7) is 3.16. The van der Waals surface area contributed by atoms with Crippen LogP contribution in [0.15, 0.2) is 46.7 Å². The highest BCUT2D eigenvalue weighted by Crippen LogP contribution is 2.32. The van der Waals surface area contributed by atoms with E-state index in [0.29, 0.717) is 49.2 Å². The predicted octanol–water partition coefficient (Wildman–Crippen LogP) is 2.25. The van der Waals surface area contributed by atoms with E-state index in [-0.39, 0.29) is 5.91 Å². The molecule has 3 aromatic rings. The van der Waals surface area contributed by atoms with Crippen LogP contribution in [-0.2, 0) is 16.6 Å². The van der Waals surface area contributed by atoms with E-state index in [1.807, 2.05) is 31.3 Å². The summed E-state index contributed by atoms with van der Waals surface area (Å²) in [6.07, 6.45) is 5.47. The lowest BCUT2D eigenvalue weighted by Gasteiger charge is -2.19. The molecule has 34 heavy (non-hydrogen) atoms. The van der Waals surface area contributed by atoms with Gasteiger partial charge in [-0.2, -0.15) is 10.2 Å². The molecule has 1 atom stereocenters. The van der Waals surface area contributed by atoms with E-state index >= 15 is 0 Å². The lowest BCUT2D eigenvalue weighted by atomic mass is 10.0. The molecule has 1 saturated heterocycles. The van der Waals surface area contributed by atoms with Gasteiger partial charge in [-0.15, -0.1) is 0 Å². The molecule has 10 heteroatoms. The maximum absolute atomic E-state index is 13.0. The van der Waals surface area contributed by atoms with Crippen molar-refractivity contribution in [1.82, 2.24) is 24.9 Å². The molecule has 0 saturated carbocycles. The number of carbonyl (C=O) groups excluding carboxylic acids is 1. The van der Waals surface area contributed by atoms with Crippen molar-refractivity contribution in [3.05, 3.63) is 47.4 Å². The topological polar surface area (TPSA) is 124 Å². The van der Waals surface area contributed by atoms with Crippen molar-refractivity contribution in [3.8, 4) is 17.0 Å². The van der Waals surface area contributed by atoms with Crippen LogP contribution in [0.5, 0.6) is 5.88 Å². The Morgan fingerprint density at radius 1 is 1.29 bits per heavy atom. The summed E-state index contributed by atoms with van der Waals surface area (Å²) in [6, 6.07) is 6.01. The van der Waals surface area contributed by atoms with E-state index < -0.39 is 6.10 Å². The van der Waals surface area contributed by atoms with Gasteiger partial charge in [0.1, 0.15) is 6.61 Å². The minimum absolute atomic E-state index is 0.0840. The van der Waals surface area contributed by atoms with E-state index in [9.17, 15) is 4.79 Å². The monoisotopic (exact) mass is 461 g/mol. The number of rotatable bonds is 0. The number of nitrogens with two attached hydrogens (primary N) is 1. The molecule has 176 valence electrons. The first-order chi connectivity index (χ1) is 16.5. The normalized spacial score (nSPS) is 22.4. The number of nitrogens with zero attached hydrogens (tertiary/aromatic N) is 5. The maximum Gasteiger partial charge on any atom is 0.263 e. The Labute approximate surface area is 196 Å². The van der Waals surface area contributed by atoms with E-state index in [0.717, 1.165) is 27.7 Å². The SMILES string of the molecule is CN=C1O[C@@H]2CCN(CCOc3c(cnn3C)-c3ccc4n[nH]c(c4c3)/C=C/C1=C(\C)N)C2=O. The summed E-state index contributed by atoms with van der Waals surface area (Å²) in [5.41, 5.74) is 10.8. The standard InChI is InChI=1S/C24H27N7O3/c1-14(25)16-5-7-20-17-12-15(4-6-19(17)28-29-20)18-13-27-30(3)24(18)33-11-10-31-9-8-21(23(31)32)34-22(16)26-2/h4-7,12-13,21H,8-11,25H2,1-3H3,(H,28,29)/b7-5+,16-14-,26-22?/t21-/m1/s1. The number of nitrogens with one attached hydrogen (secondary N) is 1. The Balaban J connectivity index is 1.63. The molecule has 4 bridgehead atoms. The minimum Gasteiger partial charge on any atom is -0.476 e. The number of carbonyl (C=O) groups is 1. The van der Waals surface area contributed by atoms with Crippen molar-refractivity contribution in [3.63, 3.8) is 0 Å². The highest BCUT2D eigenvalue weighted by atomic mass is 16.5. The van der Waals surface area contributed by atoms with Crippen LogP contribution in [0.1, 0.15) is 19.0 Å². The number of fused-ring (bicyclic) bond motifs is 5. The third-order valence-electron chi connectivity index (χ3n) is 6.16. The molecule has 2 aromatic heterocycles. The van der Waals surface area contributed by atoms with Crippen LogP contribution in [0.2, 0.25) is 0 Å². The second kappa shape index (κ2) is 8.69. The molecular formula is C24H27N7O3. The average molecular weight is 462 g/mol. The van der Waals surface area contributed by atoms with Crippen molar-refractivity contribution in [2.75, 3.05) is 26.7 Å². The molecule has 4 heterocycles. The smallest absolute Gasteiger partial charge is 0.263 e. The Morgan fingerprint density at radius 3 is 2.94 bits per heavy atom. The van der Waals surface area contributed by atoms with Gasteiger partial charge in [0, 0.05) is 38.1 Å². The van der Waals surface area contributed by atoms with E-state index in [4.69, 9.17) is 15.2 Å². The summed E-state index contributed by atoms with van der Waals surface area (Å²) in [5, 5.41) is 12.8. The van der Waals surface area contributed by atoms with E-state index in [1.165, 1.54) is 0 Å². The fraction of sp³-hybridized carbons (Fsp3) is 0.333. The van der Waals surface area contributed by atoms with Crippen LogP contribution in [0.3, 0.4) is 0 Å². The van der Waals surface area contributed by atoms with Crippen molar-refractivity contribution in [2.45, 2.75) is 19.4 Å². The number of benzene rings is 1. The summed E-state index contributed by atoms with van der Waals surface area (Å²) in [7, 11) is 3.47. The molecule has 0 spiro atoms. The van der Waals surface area contributed by atoms with Gasteiger partial charge in [0.25, 0.3) is 5.91 Å². The van der Waals surface area contributed by atoms with Crippen LogP contribution < -0.4 is 10.5 Å². The van der Waals surface area contributed by atoms with E-state index in [2.05, 4.69) is 26.4 Å². The zero-order valence-electron chi connectivity index (χ0n) is 19.4. The molecule has 0 unspecified atom stereocenters. The van der Waals surface area contributed by atoms with Gasteiger partial charge in [-0.25, -0.2) is 4.68 Å². The first kappa shape index (κ1) is 21.7. The van der Waals surface area contributed by atoms with Crippen molar-refractivity contribution in [2.24, 2.45) is 17.8 Å². The van der Waals surface area contributed by atoms with Crippen LogP contribution in [0.4, 0.5) is 0 Å². The van der Waals surface area contributed by atoms with Crippen LogP contribution in [0, 0.1) is 0 Å². The molecule has 0 aliphatic carbocycles. The number of hydrogen-bond acceptors (Lipinski definition) is 7. The number of amides is 1. The zero-order valence-corrected chi connectivity index (χ0v) is 19.4. The molecule has 1 fully saturated rings. The fourth-order valence-corrected chi connectivity index (χ4v) is 4.32. The Bertz CT molecular complexity index is 1340. The molecule has 5 rings (SSSR count). The first-order valence-corrected chi connectivity index (χ1v) is 11.2. The number of aryl methyl sites for hydroxylation is 1. The quantitative estimate of drug-likeness (QED) is 0.529. The van der Waals surface area contributed by atoms with Crippen LogP contribution >= 0.6 is 0 Å². The molecule has 1 amide bonds. The number of aromatic nitrogens is 4. The van der Waals surface area contributed by atoms with E-state index in [1.54, 1.807) is 29.7 Å². The number of aromatic amines is 1. The lowest BCUT2D eigenvalue weighted by Crippen LogP contribution is -2.35. The minimum atomic E-state index is -0.613. The Morgan fingerprint density at radius 2 is 2.15 bits per heavy atom. The molecule has 2 aliphatic rings. The number of ether oxygens (including phenoxy) is 2. The third-order valence-corrected chi connectivity index (χ3v) is 6.16. The summed E-state index contributed by atoms with van der Waals surface area (Å²) >= 11 is 0. The summed E-state index contributed by atoms with van der Waals surface area (Å²) in [5.74, 6) is 0.896. The molecule has 1 aromatic carbocycles. The van der Waals surface area contributed by atoms with Gasteiger partial charge >= 0.3 is 0 Å². The van der Waals surface area contributed by atoms with Gasteiger partial charge < -0.3 is 20.1 Å². The first-order valence-electron chi connectivity index (χ1n) is 11.2. The van der Waals surface area contributed by atoms with Gasteiger partial charge in [-0.05, 0) is 36.8 Å². The molecular weight excluding hydrogens is 434 g/mol. The predicted molar refractivity (Wildman–Crippen MR) is 129 cm³/mol. The maximum atomic E-state index is 13.0. The van der Waals surface area contributed by atoms with Gasteiger partial charge in [-0.1, -0.05) is 6.07 Å².